The van der Waals surface area contributed by atoms with Crippen molar-refractivity contribution in [3.63, 3.8) is 0 Å². The number of hydrogen-bond donors (Lipinski definition) is 1. The second-order valence-corrected chi connectivity index (χ2v) is 8.49. The van der Waals surface area contributed by atoms with Crippen molar-refractivity contribution < 1.29 is 4.74 Å². The largest absolute Gasteiger partial charge is 0.378 e. The molecule has 32 heavy (non-hydrogen) atoms. The molecular formula is C22H27N9O. The number of nitrogens with one attached hydrogen (secondary N) is 1. The maximum absolute atomic E-state index is 5.56. The van der Waals surface area contributed by atoms with Gasteiger partial charge in [0.05, 0.1) is 24.9 Å². The summed E-state index contributed by atoms with van der Waals surface area (Å²) in [4.78, 5) is 14.7. The molecule has 0 radical (unpaired) electrons. The fourth-order valence-electron chi connectivity index (χ4n) is 4.72. The molecule has 0 spiro atoms. The molecule has 1 aromatic carbocycles. The first-order valence-electron chi connectivity index (χ1n) is 11.5. The molecule has 0 unspecified atom stereocenters. The number of aryl methyl sites for hydroxylation is 1. The second kappa shape index (κ2) is 8.44. The Morgan fingerprint density at radius 2 is 1.88 bits per heavy atom. The van der Waals surface area contributed by atoms with Crippen LogP contribution in [0.5, 0.6) is 0 Å². The summed E-state index contributed by atoms with van der Waals surface area (Å²) in [6.07, 6.45) is 5.48. The average molecular weight is 434 g/mol. The summed E-state index contributed by atoms with van der Waals surface area (Å²) < 4.78 is 7.50. The molecule has 166 valence electrons. The lowest BCUT2D eigenvalue weighted by Gasteiger charge is -2.28. The molecule has 10 heteroatoms. The normalized spacial score (nSPS) is 17.7. The number of morpholine rings is 1. The molecule has 0 amide bonds. The summed E-state index contributed by atoms with van der Waals surface area (Å²) in [6.45, 7) is 7.23. The van der Waals surface area contributed by atoms with E-state index in [1.165, 1.54) is 25.9 Å². The van der Waals surface area contributed by atoms with Crippen LogP contribution >= 0.6 is 0 Å². The molecule has 2 saturated heterocycles. The summed E-state index contributed by atoms with van der Waals surface area (Å²) in [5.41, 5.74) is 3.48. The van der Waals surface area contributed by atoms with E-state index >= 15 is 0 Å². The van der Waals surface area contributed by atoms with Crippen molar-refractivity contribution in [2.45, 2.75) is 25.8 Å². The van der Waals surface area contributed by atoms with Crippen molar-refractivity contribution in [3.05, 3.63) is 24.4 Å². The summed E-state index contributed by atoms with van der Waals surface area (Å²) in [6, 6.07) is 6.06. The quantitative estimate of drug-likeness (QED) is 0.493. The van der Waals surface area contributed by atoms with E-state index in [1.54, 1.807) is 0 Å². The number of rotatable bonds is 6. The monoisotopic (exact) mass is 433 g/mol. The van der Waals surface area contributed by atoms with Gasteiger partial charge in [-0.15, -0.1) is 5.10 Å². The van der Waals surface area contributed by atoms with Crippen molar-refractivity contribution in [1.29, 1.82) is 0 Å². The Balaban J connectivity index is 1.40. The Kier molecular flexibility index (Phi) is 5.16. The molecule has 10 nitrogen and oxygen atoms in total. The number of nitrogens with zero attached hydrogens (tertiary/aromatic N) is 8. The van der Waals surface area contributed by atoms with Crippen molar-refractivity contribution in [3.8, 4) is 11.4 Å². The number of benzene rings is 1. The molecule has 4 aromatic rings. The van der Waals surface area contributed by atoms with Crippen LogP contribution in [0.25, 0.3) is 33.5 Å². The van der Waals surface area contributed by atoms with Gasteiger partial charge >= 0.3 is 0 Å². The van der Waals surface area contributed by atoms with E-state index in [4.69, 9.17) is 14.7 Å². The van der Waals surface area contributed by atoms with Crippen molar-refractivity contribution in [2.24, 2.45) is 0 Å². The van der Waals surface area contributed by atoms with Crippen LogP contribution in [0.3, 0.4) is 0 Å². The fraction of sp³-hybridized carbons (Fsp3) is 0.500. The van der Waals surface area contributed by atoms with E-state index in [2.05, 4.69) is 30.3 Å². The van der Waals surface area contributed by atoms with Gasteiger partial charge in [0.1, 0.15) is 0 Å². The zero-order valence-corrected chi connectivity index (χ0v) is 18.1. The van der Waals surface area contributed by atoms with Gasteiger partial charge in [0.25, 0.3) is 0 Å². The molecule has 0 saturated carbocycles. The van der Waals surface area contributed by atoms with Crippen molar-refractivity contribution in [2.75, 3.05) is 50.8 Å². The van der Waals surface area contributed by atoms with Gasteiger partial charge in [-0.05, 0) is 45.0 Å². The minimum atomic E-state index is 0.675. The molecule has 0 aliphatic carbocycles. The van der Waals surface area contributed by atoms with Crippen LogP contribution < -0.4 is 4.90 Å². The lowest BCUT2D eigenvalue weighted by Crippen LogP contribution is -2.37. The Bertz CT molecular complexity index is 1220. The molecule has 2 aliphatic rings. The van der Waals surface area contributed by atoms with Crippen LogP contribution in [-0.4, -0.2) is 86.0 Å². The second-order valence-electron chi connectivity index (χ2n) is 8.49. The molecule has 0 atom stereocenters. The van der Waals surface area contributed by atoms with Crippen LogP contribution in [0, 0.1) is 0 Å². The highest BCUT2D eigenvalue weighted by atomic mass is 16.5. The number of H-pyrrole nitrogens is 1. The maximum atomic E-state index is 5.56. The van der Waals surface area contributed by atoms with Gasteiger partial charge in [-0.25, -0.2) is 14.6 Å². The summed E-state index contributed by atoms with van der Waals surface area (Å²) >= 11 is 0. The summed E-state index contributed by atoms with van der Waals surface area (Å²) in [5.74, 6) is 1.51. The Hall–Kier alpha value is -3.11. The van der Waals surface area contributed by atoms with E-state index in [1.807, 2.05) is 29.1 Å². The standard InChI is InChI=1S/C22H27N9O/c1-2-8-29(7-1)9-4-10-31-22-19(27-28-31)21(30-11-13-32-14-12-30)24-20(25-22)16-5-3-6-18-17(16)15-23-26-18/h3,5-6,15H,1-2,4,7-14H2,(H,23,26). The number of aromatic nitrogens is 7. The first-order valence-corrected chi connectivity index (χ1v) is 11.5. The minimum Gasteiger partial charge on any atom is -0.378 e. The third-order valence-corrected chi connectivity index (χ3v) is 6.42. The van der Waals surface area contributed by atoms with E-state index in [9.17, 15) is 0 Å². The smallest absolute Gasteiger partial charge is 0.184 e. The zero-order chi connectivity index (χ0) is 21.3. The average Bonchev–Trinajstić information content (AvgIpc) is 3.60. The molecule has 0 bridgehead atoms. The van der Waals surface area contributed by atoms with Gasteiger partial charge in [0.15, 0.2) is 22.8 Å². The molecule has 5 heterocycles. The lowest BCUT2D eigenvalue weighted by atomic mass is 10.1. The molecule has 6 rings (SSSR count). The van der Waals surface area contributed by atoms with Gasteiger partial charge in [-0.2, -0.15) is 5.10 Å². The first-order chi connectivity index (χ1) is 15.9. The Labute approximate surface area is 185 Å². The topological polar surface area (TPSA) is 101 Å². The van der Waals surface area contributed by atoms with Gasteiger partial charge in [-0.3, -0.25) is 5.10 Å². The fourth-order valence-corrected chi connectivity index (χ4v) is 4.72. The molecule has 2 aliphatic heterocycles. The van der Waals surface area contributed by atoms with Crippen molar-refractivity contribution in [1.82, 2.24) is 40.1 Å². The minimum absolute atomic E-state index is 0.675. The van der Waals surface area contributed by atoms with Gasteiger partial charge in [-0.1, -0.05) is 17.3 Å². The van der Waals surface area contributed by atoms with Crippen LogP contribution in [0.15, 0.2) is 24.4 Å². The van der Waals surface area contributed by atoms with Crippen LogP contribution in [0.4, 0.5) is 5.82 Å². The van der Waals surface area contributed by atoms with Crippen LogP contribution in [-0.2, 0) is 11.3 Å². The predicted molar refractivity (Wildman–Crippen MR) is 122 cm³/mol. The highest BCUT2D eigenvalue weighted by molar-refractivity contribution is 5.94. The molecular weight excluding hydrogens is 406 g/mol. The first kappa shape index (κ1) is 19.6. The predicted octanol–water partition coefficient (Wildman–Crippen LogP) is 2.09. The third-order valence-electron chi connectivity index (χ3n) is 6.42. The van der Waals surface area contributed by atoms with Gasteiger partial charge in [0.2, 0.25) is 0 Å². The Morgan fingerprint density at radius 3 is 2.75 bits per heavy atom. The molecule has 3 aromatic heterocycles. The van der Waals surface area contributed by atoms with E-state index in [0.717, 1.165) is 66.0 Å². The highest BCUT2D eigenvalue weighted by Gasteiger charge is 2.23. The molecule has 1 N–H and O–H groups in total. The third kappa shape index (κ3) is 3.59. The van der Waals surface area contributed by atoms with Gasteiger partial charge < -0.3 is 14.5 Å². The van der Waals surface area contributed by atoms with Crippen LogP contribution in [0.2, 0.25) is 0 Å². The maximum Gasteiger partial charge on any atom is 0.184 e. The molecule has 2 fully saturated rings. The number of hydrogen-bond acceptors (Lipinski definition) is 8. The van der Waals surface area contributed by atoms with Crippen LogP contribution in [0.1, 0.15) is 19.3 Å². The number of aromatic amines is 1. The zero-order valence-electron chi connectivity index (χ0n) is 18.1. The highest BCUT2D eigenvalue weighted by Crippen LogP contribution is 2.30. The lowest BCUT2D eigenvalue weighted by molar-refractivity contribution is 0.122. The number of fused-ring (bicyclic) bond motifs is 2. The van der Waals surface area contributed by atoms with Crippen molar-refractivity contribution >= 4 is 27.9 Å². The summed E-state index contributed by atoms with van der Waals surface area (Å²) in [7, 11) is 0. The number of anilines is 1. The summed E-state index contributed by atoms with van der Waals surface area (Å²) in [5, 5.41) is 17.2. The van der Waals surface area contributed by atoms with E-state index < -0.39 is 0 Å². The Morgan fingerprint density at radius 1 is 1.00 bits per heavy atom. The number of likely N-dealkylation sites (tertiary alicyclic amines) is 1. The van der Waals surface area contributed by atoms with E-state index in [0.29, 0.717) is 19.0 Å². The van der Waals surface area contributed by atoms with Gasteiger partial charge in [0, 0.05) is 30.6 Å². The van der Waals surface area contributed by atoms with E-state index in [-0.39, 0.29) is 0 Å². The SMILES string of the molecule is c1cc(-c2nc(N3CCOCC3)c3nnn(CCCN4CCCC4)c3n2)c2cn[nH]c2c1. The number of ether oxygens (including phenoxy) is 1.